The highest BCUT2D eigenvalue weighted by molar-refractivity contribution is 6.30. The fourth-order valence-electron chi connectivity index (χ4n) is 1.76. The van der Waals surface area contributed by atoms with Crippen LogP contribution in [0.3, 0.4) is 0 Å². The number of ether oxygens (including phenoxy) is 1. The highest BCUT2D eigenvalue weighted by atomic mass is 35.5. The molecule has 1 aliphatic carbocycles. The van der Waals surface area contributed by atoms with Crippen molar-refractivity contribution in [3.05, 3.63) is 28.8 Å². The Hall–Kier alpha value is -0.770. The molecule has 0 saturated heterocycles. The molecular weight excluding hydrogens is 226 g/mol. The molecule has 0 spiro atoms. The van der Waals surface area contributed by atoms with Gasteiger partial charge < -0.3 is 4.74 Å². The van der Waals surface area contributed by atoms with Crippen LogP contribution in [0.5, 0.6) is 5.75 Å². The normalized spacial score (nSPS) is 15.9. The second-order valence-corrected chi connectivity index (χ2v) is 4.65. The van der Waals surface area contributed by atoms with Crippen molar-refractivity contribution in [2.24, 2.45) is 11.8 Å². The third-order valence-electron chi connectivity index (χ3n) is 2.89. The van der Waals surface area contributed by atoms with Gasteiger partial charge >= 0.3 is 0 Å². The molecule has 1 aromatic rings. The van der Waals surface area contributed by atoms with Crippen molar-refractivity contribution in [1.29, 1.82) is 0 Å². The monoisotopic (exact) mass is 241 g/mol. The first kappa shape index (κ1) is 11.7. The SMILES string of the molecule is NOCc1cc(Cl)cc(OCC2CCC2)c1. The molecule has 1 saturated carbocycles. The van der Waals surface area contributed by atoms with Gasteiger partial charge in [0.25, 0.3) is 0 Å². The van der Waals surface area contributed by atoms with Gasteiger partial charge in [0.1, 0.15) is 5.75 Å². The van der Waals surface area contributed by atoms with Crippen LogP contribution in [0.2, 0.25) is 5.02 Å². The second kappa shape index (κ2) is 5.53. The first-order valence-corrected chi connectivity index (χ1v) is 5.89. The van der Waals surface area contributed by atoms with Crippen molar-refractivity contribution in [2.45, 2.75) is 25.9 Å². The van der Waals surface area contributed by atoms with Crippen molar-refractivity contribution in [3.63, 3.8) is 0 Å². The van der Waals surface area contributed by atoms with E-state index >= 15 is 0 Å². The average molecular weight is 242 g/mol. The molecule has 3 nitrogen and oxygen atoms in total. The van der Waals surface area contributed by atoms with Crippen LogP contribution in [-0.2, 0) is 11.4 Å². The number of hydrogen-bond donors (Lipinski definition) is 1. The summed E-state index contributed by atoms with van der Waals surface area (Å²) in [5.74, 6) is 6.54. The Morgan fingerprint density at radius 1 is 1.31 bits per heavy atom. The lowest BCUT2D eigenvalue weighted by atomic mass is 9.86. The molecular formula is C12H16ClNO2. The predicted molar refractivity (Wildman–Crippen MR) is 63.3 cm³/mol. The zero-order valence-electron chi connectivity index (χ0n) is 9.12. The summed E-state index contributed by atoms with van der Waals surface area (Å²) in [6.45, 7) is 1.13. The van der Waals surface area contributed by atoms with E-state index in [0.29, 0.717) is 17.5 Å². The fraction of sp³-hybridized carbons (Fsp3) is 0.500. The van der Waals surface area contributed by atoms with E-state index in [9.17, 15) is 0 Å². The van der Waals surface area contributed by atoms with Gasteiger partial charge in [-0.15, -0.1) is 0 Å². The van der Waals surface area contributed by atoms with Crippen molar-refractivity contribution >= 4 is 11.6 Å². The van der Waals surface area contributed by atoms with Gasteiger partial charge in [0, 0.05) is 5.02 Å². The third kappa shape index (κ3) is 3.11. The van der Waals surface area contributed by atoms with E-state index in [1.807, 2.05) is 18.2 Å². The van der Waals surface area contributed by atoms with Crippen LogP contribution in [-0.4, -0.2) is 6.61 Å². The van der Waals surface area contributed by atoms with E-state index in [4.69, 9.17) is 22.2 Å². The second-order valence-electron chi connectivity index (χ2n) is 4.21. The molecule has 0 heterocycles. The molecule has 0 unspecified atom stereocenters. The lowest BCUT2D eigenvalue weighted by Crippen LogP contribution is -2.19. The molecule has 1 aliphatic rings. The Morgan fingerprint density at radius 3 is 2.75 bits per heavy atom. The smallest absolute Gasteiger partial charge is 0.121 e. The summed E-state index contributed by atoms with van der Waals surface area (Å²) in [6, 6.07) is 5.56. The molecule has 0 aromatic heterocycles. The van der Waals surface area contributed by atoms with Gasteiger partial charge in [-0.1, -0.05) is 18.0 Å². The molecule has 88 valence electrons. The van der Waals surface area contributed by atoms with Gasteiger partial charge in [-0.3, -0.25) is 4.84 Å². The Kier molecular flexibility index (Phi) is 4.04. The van der Waals surface area contributed by atoms with Crippen molar-refractivity contribution < 1.29 is 9.57 Å². The lowest BCUT2D eigenvalue weighted by molar-refractivity contribution is 0.123. The van der Waals surface area contributed by atoms with Gasteiger partial charge in [0.05, 0.1) is 13.2 Å². The molecule has 2 rings (SSSR count). The summed E-state index contributed by atoms with van der Waals surface area (Å²) < 4.78 is 5.70. The van der Waals surface area contributed by atoms with Crippen LogP contribution in [0.25, 0.3) is 0 Å². The number of benzene rings is 1. The van der Waals surface area contributed by atoms with Gasteiger partial charge in [0.15, 0.2) is 0 Å². The van der Waals surface area contributed by atoms with Crippen LogP contribution in [0.15, 0.2) is 18.2 Å². The Morgan fingerprint density at radius 2 is 2.12 bits per heavy atom. The summed E-state index contributed by atoms with van der Waals surface area (Å²) in [7, 11) is 0. The molecule has 0 amide bonds. The van der Waals surface area contributed by atoms with E-state index in [0.717, 1.165) is 17.9 Å². The Bertz CT molecular complexity index is 353. The summed E-state index contributed by atoms with van der Waals surface area (Å²) >= 11 is 5.97. The van der Waals surface area contributed by atoms with E-state index in [2.05, 4.69) is 4.84 Å². The predicted octanol–water partition coefficient (Wildman–Crippen LogP) is 2.91. The molecule has 0 bridgehead atoms. The van der Waals surface area contributed by atoms with Crippen molar-refractivity contribution in [3.8, 4) is 5.75 Å². The average Bonchev–Trinajstić information content (AvgIpc) is 2.14. The van der Waals surface area contributed by atoms with Crippen LogP contribution in [0.1, 0.15) is 24.8 Å². The zero-order chi connectivity index (χ0) is 11.4. The fourth-order valence-corrected chi connectivity index (χ4v) is 2.00. The third-order valence-corrected chi connectivity index (χ3v) is 3.11. The Balaban J connectivity index is 1.95. The largest absolute Gasteiger partial charge is 0.493 e. The maximum atomic E-state index is 5.97. The highest BCUT2D eigenvalue weighted by Gasteiger charge is 2.17. The number of rotatable bonds is 5. The van der Waals surface area contributed by atoms with Gasteiger partial charge in [-0.2, -0.15) is 0 Å². The minimum atomic E-state index is 0.348. The number of halogens is 1. The lowest BCUT2D eigenvalue weighted by Gasteiger charge is -2.25. The topological polar surface area (TPSA) is 44.5 Å². The molecule has 0 atom stereocenters. The van der Waals surface area contributed by atoms with Gasteiger partial charge in [-0.05, 0) is 42.5 Å². The summed E-state index contributed by atoms with van der Waals surface area (Å²) in [5, 5.41) is 0.651. The molecule has 16 heavy (non-hydrogen) atoms. The van der Waals surface area contributed by atoms with Crippen molar-refractivity contribution in [1.82, 2.24) is 0 Å². The minimum absolute atomic E-state index is 0.348. The molecule has 0 aliphatic heterocycles. The van der Waals surface area contributed by atoms with E-state index < -0.39 is 0 Å². The summed E-state index contributed by atoms with van der Waals surface area (Å²) in [6.07, 6.45) is 3.88. The first-order valence-electron chi connectivity index (χ1n) is 5.52. The van der Waals surface area contributed by atoms with E-state index in [-0.39, 0.29) is 0 Å². The quantitative estimate of drug-likeness (QED) is 0.807. The zero-order valence-corrected chi connectivity index (χ0v) is 9.87. The maximum absolute atomic E-state index is 5.97. The first-order chi connectivity index (χ1) is 7.78. The summed E-state index contributed by atoms with van der Waals surface area (Å²) in [5.41, 5.74) is 0.929. The Labute approximate surface area is 100 Å². The number of hydrogen-bond acceptors (Lipinski definition) is 3. The van der Waals surface area contributed by atoms with Gasteiger partial charge in [0.2, 0.25) is 0 Å². The molecule has 1 fully saturated rings. The van der Waals surface area contributed by atoms with Crippen LogP contribution in [0, 0.1) is 5.92 Å². The van der Waals surface area contributed by atoms with Crippen molar-refractivity contribution in [2.75, 3.05) is 6.61 Å². The standard InChI is InChI=1S/C12H16ClNO2/c13-11-4-10(8-16-14)5-12(6-11)15-7-9-2-1-3-9/h4-6,9H,1-3,7-8,14H2. The van der Waals surface area contributed by atoms with Crippen LogP contribution < -0.4 is 10.6 Å². The highest BCUT2D eigenvalue weighted by Crippen LogP contribution is 2.28. The van der Waals surface area contributed by atoms with Crippen LogP contribution in [0.4, 0.5) is 0 Å². The summed E-state index contributed by atoms with van der Waals surface area (Å²) in [4.78, 5) is 4.58. The molecule has 2 N–H and O–H groups in total. The minimum Gasteiger partial charge on any atom is -0.493 e. The van der Waals surface area contributed by atoms with E-state index in [1.54, 1.807) is 0 Å². The van der Waals surface area contributed by atoms with Gasteiger partial charge in [-0.25, -0.2) is 5.90 Å². The van der Waals surface area contributed by atoms with Crippen LogP contribution >= 0.6 is 11.6 Å². The molecule has 0 radical (unpaired) electrons. The maximum Gasteiger partial charge on any atom is 0.121 e. The molecule has 4 heteroatoms. The molecule has 1 aromatic carbocycles. The van der Waals surface area contributed by atoms with E-state index in [1.165, 1.54) is 19.3 Å². The number of nitrogens with two attached hydrogens (primary N) is 1.